The molecule has 1 heterocycles. The zero-order chi connectivity index (χ0) is 15.5. The topological polar surface area (TPSA) is 23.6 Å². The molecular weight excluding hydrogens is 272 g/mol. The van der Waals surface area contributed by atoms with Gasteiger partial charge in [-0.1, -0.05) is 36.4 Å². The molecule has 0 aliphatic carbocycles. The molecule has 0 spiro atoms. The molecule has 2 aromatic rings. The minimum absolute atomic E-state index is 0.211. The summed E-state index contributed by atoms with van der Waals surface area (Å²) in [5.74, 6) is 0.494. The second kappa shape index (κ2) is 6.49. The first-order valence-corrected chi connectivity index (χ1v) is 8.04. The lowest BCUT2D eigenvalue weighted by molar-refractivity contribution is -0.134. The summed E-state index contributed by atoms with van der Waals surface area (Å²) in [7, 11) is 3.70. The van der Waals surface area contributed by atoms with Gasteiger partial charge in [-0.25, -0.2) is 0 Å². The molecule has 1 amide bonds. The highest BCUT2D eigenvalue weighted by atomic mass is 16.2. The molecule has 1 fully saturated rings. The van der Waals surface area contributed by atoms with E-state index in [9.17, 15) is 4.79 Å². The molecule has 1 saturated heterocycles. The summed E-state index contributed by atoms with van der Waals surface area (Å²) in [6, 6.07) is 15.2. The first kappa shape index (κ1) is 15.0. The van der Waals surface area contributed by atoms with Gasteiger partial charge in [0.2, 0.25) is 5.91 Å². The van der Waals surface area contributed by atoms with E-state index in [0.717, 1.165) is 32.5 Å². The number of benzene rings is 2. The van der Waals surface area contributed by atoms with Crippen LogP contribution in [0.4, 0.5) is 0 Å². The van der Waals surface area contributed by atoms with Crippen molar-refractivity contribution in [1.82, 2.24) is 9.80 Å². The molecule has 3 heteroatoms. The molecule has 1 aliphatic rings. The quantitative estimate of drug-likeness (QED) is 0.869. The maximum atomic E-state index is 12.0. The van der Waals surface area contributed by atoms with Crippen molar-refractivity contribution in [3.8, 4) is 0 Å². The number of fused-ring (bicyclic) bond motifs is 1. The molecule has 0 saturated carbocycles. The number of carbonyl (C=O) groups is 1. The van der Waals surface area contributed by atoms with Gasteiger partial charge in [0.1, 0.15) is 0 Å². The maximum absolute atomic E-state index is 12.0. The van der Waals surface area contributed by atoms with Gasteiger partial charge in [-0.05, 0) is 48.3 Å². The van der Waals surface area contributed by atoms with E-state index in [2.05, 4.69) is 47.4 Å². The van der Waals surface area contributed by atoms with Crippen LogP contribution >= 0.6 is 0 Å². The molecule has 1 aliphatic heterocycles. The number of likely N-dealkylation sites (tertiary alicyclic amines) is 1. The van der Waals surface area contributed by atoms with Crippen LogP contribution < -0.4 is 0 Å². The van der Waals surface area contributed by atoms with Gasteiger partial charge in [-0.15, -0.1) is 0 Å². The van der Waals surface area contributed by atoms with Crippen molar-refractivity contribution < 1.29 is 4.79 Å². The maximum Gasteiger partial charge on any atom is 0.225 e. The molecule has 116 valence electrons. The van der Waals surface area contributed by atoms with Gasteiger partial charge in [0.05, 0.1) is 0 Å². The average Bonchev–Trinajstić information content (AvgIpc) is 2.55. The Labute approximate surface area is 132 Å². The van der Waals surface area contributed by atoms with Crippen LogP contribution in [0.5, 0.6) is 0 Å². The van der Waals surface area contributed by atoms with E-state index >= 15 is 0 Å². The van der Waals surface area contributed by atoms with Gasteiger partial charge in [0.15, 0.2) is 0 Å². The second-order valence-corrected chi connectivity index (χ2v) is 6.46. The molecule has 0 bridgehead atoms. The standard InChI is InChI=1S/C19H24N2O/c1-20(2)19(22)17-9-11-21(12-10-17)14-15-7-8-16-5-3-4-6-18(16)13-15/h3-8,13,17H,9-12,14H2,1-2H3. The average molecular weight is 296 g/mol. The van der Waals surface area contributed by atoms with Crippen molar-refractivity contribution in [1.29, 1.82) is 0 Å². The van der Waals surface area contributed by atoms with Crippen molar-refractivity contribution in [2.75, 3.05) is 27.2 Å². The van der Waals surface area contributed by atoms with E-state index in [1.54, 1.807) is 4.90 Å². The fourth-order valence-electron chi connectivity index (χ4n) is 3.30. The van der Waals surface area contributed by atoms with Crippen LogP contribution in [-0.2, 0) is 11.3 Å². The Balaban J connectivity index is 1.61. The second-order valence-electron chi connectivity index (χ2n) is 6.46. The van der Waals surface area contributed by atoms with Crippen LogP contribution in [0.1, 0.15) is 18.4 Å². The minimum atomic E-state index is 0.211. The first-order chi connectivity index (χ1) is 10.6. The van der Waals surface area contributed by atoms with E-state index in [1.165, 1.54) is 16.3 Å². The third kappa shape index (κ3) is 3.30. The van der Waals surface area contributed by atoms with Crippen LogP contribution in [0.2, 0.25) is 0 Å². The van der Waals surface area contributed by atoms with Crippen LogP contribution in [0.3, 0.4) is 0 Å². The van der Waals surface area contributed by atoms with Crippen LogP contribution in [0, 0.1) is 5.92 Å². The fourth-order valence-corrected chi connectivity index (χ4v) is 3.30. The number of amides is 1. The normalized spacial score (nSPS) is 16.8. The molecule has 0 radical (unpaired) electrons. The largest absolute Gasteiger partial charge is 0.349 e. The summed E-state index contributed by atoms with van der Waals surface area (Å²) in [6.45, 7) is 3.00. The Bertz CT molecular complexity index is 657. The predicted molar refractivity (Wildman–Crippen MR) is 90.6 cm³/mol. The Morgan fingerprint density at radius 2 is 1.77 bits per heavy atom. The van der Waals surface area contributed by atoms with Gasteiger partial charge >= 0.3 is 0 Å². The smallest absolute Gasteiger partial charge is 0.225 e. The Kier molecular flexibility index (Phi) is 4.44. The lowest BCUT2D eigenvalue weighted by Gasteiger charge is -2.32. The lowest BCUT2D eigenvalue weighted by atomic mass is 9.95. The monoisotopic (exact) mass is 296 g/mol. The molecule has 22 heavy (non-hydrogen) atoms. The van der Waals surface area contributed by atoms with Gasteiger partial charge in [-0.2, -0.15) is 0 Å². The van der Waals surface area contributed by atoms with Gasteiger partial charge < -0.3 is 4.90 Å². The van der Waals surface area contributed by atoms with Crippen molar-refractivity contribution >= 4 is 16.7 Å². The predicted octanol–water partition coefficient (Wildman–Crippen LogP) is 3.14. The lowest BCUT2D eigenvalue weighted by Crippen LogP contribution is -2.39. The van der Waals surface area contributed by atoms with Gasteiger partial charge in [0, 0.05) is 26.6 Å². The molecule has 0 aromatic heterocycles. The highest BCUT2D eigenvalue weighted by molar-refractivity contribution is 5.83. The zero-order valence-corrected chi connectivity index (χ0v) is 13.5. The summed E-state index contributed by atoms with van der Waals surface area (Å²) in [4.78, 5) is 16.2. The number of hydrogen-bond acceptors (Lipinski definition) is 2. The molecule has 0 unspecified atom stereocenters. The van der Waals surface area contributed by atoms with E-state index in [-0.39, 0.29) is 11.8 Å². The minimum Gasteiger partial charge on any atom is -0.349 e. The van der Waals surface area contributed by atoms with E-state index < -0.39 is 0 Å². The van der Waals surface area contributed by atoms with Crippen molar-refractivity contribution in [3.05, 3.63) is 48.0 Å². The third-order valence-electron chi connectivity index (χ3n) is 4.60. The third-order valence-corrected chi connectivity index (χ3v) is 4.60. The van der Waals surface area contributed by atoms with Crippen molar-refractivity contribution in [2.24, 2.45) is 5.92 Å². The highest BCUT2D eigenvalue weighted by Gasteiger charge is 2.25. The number of rotatable bonds is 3. The van der Waals surface area contributed by atoms with Crippen LogP contribution in [-0.4, -0.2) is 42.9 Å². The summed E-state index contributed by atoms with van der Waals surface area (Å²) in [6.07, 6.45) is 1.95. The van der Waals surface area contributed by atoms with E-state index in [4.69, 9.17) is 0 Å². The number of piperidine rings is 1. The SMILES string of the molecule is CN(C)C(=O)C1CCN(Cc2ccc3ccccc3c2)CC1. The van der Waals surface area contributed by atoms with Crippen LogP contribution in [0.15, 0.2) is 42.5 Å². The molecule has 2 aromatic carbocycles. The molecular formula is C19H24N2O. The van der Waals surface area contributed by atoms with E-state index in [1.807, 2.05) is 14.1 Å². The summed E-state index contributed by atoms with van der Waals surface area (Å²) in [5, 5.41) is 2.60. The molecule has 0 atom stereocenters. The molecule has 3 nitrogen and oxygen atoms in total. The van der Waals surface area contributed by atoms with Crippen molar-refractivity contribution in [3.63, 3.8) is 0 Å². The van der Waals surface area contributed by atoms with Gasteiger partial charge in [0.25, 0.3) is 0 Å². The van der Waals surface area contributed by atoms with Crippen LogP contribution in [0.25, 0.3) is 10.8 Å². The Hall–Kier alpha value is -1.87. The van der Waals surface area contributed by atoms with Crippen molar-refractivity contribution in [2.45, 2.75) is 19.4 Å². The molecule has 0 N–H and O–H groups in total. The number of nitrogens with zero attached hydrogens (tertiary/aromatic N) is 2. The fraction of sp³-hybridized carbons (Fsp3) is 0.421. The first-order valence-electron chi connectivity index (χ1n) is 8.04. The Morgan fingerprint density at radius 1 is 1.09 bits per heavy atom. The zero-order valence-electron chi connectivity index (χ0n) is 13.5. The summed E-state index contributed by atoms with van der Waals surface area (Å²) >= 11 is 0. The van der Waals surface area contributed by atoms with E-state index in [0.29, 0.717) is 0 Å². The van der Waals surface area contributed by atoms with Gasteiger partial charge in [-0.3, -0.25) is 9.69 Å². The summed E-state index contributed by atoms with van der Waals surface area (Å²) in [5.41, 5.74) is 1.36. The number of hydrogen-bond donors (Lipinski definition) is 0. The summed E-state index contributed by atoms with van der Waals surface area (Å²) < 4.78 is 0. The Morgan fingerprint density at radius 3 is 2.45 bits per heavy atom. The number of carbonyl (C=O) groups excluding carboxylic acids is 1. The highest BCUT2D eigenvalue weighted by Crippen LogP contribution is 2.22. The molecule has 3 rings (SSSR count).